The molecule has 0 aliphatic rings. The smallest absolute Gasteiger partial charge is 0.243 e. The molecule has 3 rings (SSSR count). The molecule has 0 radical (unpaired) electrons. The van der Waals surface area contributed by atoms with Gasteiger partial charge in [-0.25, -0.2) is 0 Å². The van der Waals surface area contributed by atoms with Gasteiger partial charge in [0.25, 0.3) is 0 Å². The van der Waals surface area contributed by atoms with Crippen LogP contribution in [0.4, 0.5) is 0 Å². The highest BCUT2D eigenvalue weighted by atomic mass is 79.9. The van der Waals surface area contributed by atoms with Gasteiger partial charge in [0, 0.05) is 33.5 Å². The number of carbonyl (C=O) groups excluding carboxylic acids is 2. The maximum atomic E-state index is 13.8. The van der Waals surface area contributed by atoms with Crippen LogP contribution in [0.1, 0.15) is 37.0 Å². The number of amides is 2. The van der Waals surface area contributed by atoms with E-state index in [-0.39, 0.29) is 30.8 Å². The Kier molecular flexibility index (Phi) is 10.2. The first-order chi connectivity index (χ1) is 16.8. The summed E-state index contributed by atoms with van der Waals surface area (Å²) in [7, 11) is 0. The standard InChI is InChI=1S/C28H29BrCl2N2O2/c1-3-19(2)32-28(35)26(16-20-9-5-4-6-10-20)33(18-21-11-7-12-22(29)15-21)27(34)17-23-24(30)13-8-14-25(23)31/h4-15,19,26H,3,16-18H2,1-2H3,(H,32,35)/t19-,26-/m0/s1. The zero-order valence-corrected chi connectivity index (χ0v) is 22.9. The molecule has 0 aliphatic heterocycles. The summed E-state index contributed by atoms with van der Waals surface area (Å²) in [6.45, 7) is 4.24. The normalized spacial score (nSPS) is 12.6. The molecule has 7 heteroatoms. The lowest BCUT2D eigenvalue weighted by Gasteiger charge is -2.32. The lowest BCUT2D eigenvalue weighted by Crippen LogP contribution is -2.52. The maximum Gasteiger partial charge on any atom is 0.243 e. The fourth-order valence-corrected chi connectivity index (χ4v) is 4.76. The van der Waals surface area contributed by atoms with Gasteiger partial charge in [-0.15, -0.1) is 0 Å². The van der Waals surface area contributed by atoms with Crippen molar-refractivity contribution in [1.29, 1.82) is 0 Å². The summed E-state index contributed by atoms with van der Waals surface area (Å²) in [5, 5.41) is 3.93. The highest BCUT2D eigenvalue weighted by Gasteiger charge is 2.31. The molecule has 0 aromatic heterocycles. The van der Waals surface area contributed by atoms with Gasteiger partial charge in [0.1, 0.15) is 6.04 Å². The zero-order valence-electron chi connectivity index (χ0n) is 19.8. The first-order valence-electron chi connectivity index (χ1n) is 11.6. The van der Waals surface area contributed by atoms with Crippen molar-refractivity contribution in [2.75, 3.05) is 0 Å². The Bertz CT molecular complexity index is 1140. The summed E-state index contributed by atoms with van der Waals surface area (Å²) in [6, 6.07) is 21.9. The molecule has 0 bridgehead atoms. The summed E-state index contributed by atoms with van der Waals surface area (Å²) < 4.78 is 0.903. The number of hydrogen-bond donors (Lipinski definition) is 1. The van der Waals surface area contributed by atoms with E-state index in [0.717, 1.165) is 22.0 Å². The van der Waals surface area contributed by atoms with E-state index >= 15 is 0 Å². The van der Waals surface area contributed by atoms with Crippen LogP contribution in [0.25, 0.3) is 0 Å². The maximum absolute atomic E-state index is 13.8. The molecule has 0 unspecified atom stereocenters. The molecule has 2 amide bonds. The largest absolute Gasteiger partial charge is 0.352 e. The Hall–Kier alpha value is -2.34. The molecular weight excluding hydrogens is 547 g/mol. The summed E-state index contributed by atoms with van der Waals surface area (Å²) in [6.07, 6.45) is 1.17. The van der Waals surface area contributed by atoms with Crippen molar-refractivity contribution in [2.24, 2.45) is 0 Å². The number of nitrogens with one attached hydrogen (secondary N) is 1. The summed E-state index contributed by atoms with van der Waals surface area (Å²) in [5.41, 5.74) is 2.44. The molecule has 35 heavy (non-hydrogen) atoms. The van der Waals surface area contributed by atoms with Crippen LogP contribution in [0.3, 0.4) is 0 Å². The van der Waals surface area contributed by atoms with Gasteiger partial charge in [-0.05, 0) is 54.3 Å². The van der Waals surface area contributed by atoms with Crippen molar-refractivity contribution in [3.63, 3.8) is 0 Å². The van der Waals surface area contributed by atoms with E-state index in [0.29, 0.717) is 22.0 Å². The van der Waals surface area contributed by atoms with Crippen molar-refractivity contribution < 1.29 is 9.59 Å². The average molecular weight is 576 g/mol. The second kappa shape index (κ2) is 13.1. The first kappa shape index (κ1) is 27.3. The molecule has 4 nitrogen and oxygen atoms in total. The Morgan fingerprint density at radius 2 is 1.57 bits per heavy atom. The van der Waals surface area contributed by atoms with Gasteiger partial charge in [0.15, 0.2) is 0 Å². The fraction of sp³-hybridized carbons (Fsp3) is 0.286. The van der Waals surface area contributed by atoms with Crippen LogP contribution < -0.4 is 5.32 Å². The van der Waals surface area contributed by atoms with E-state index in [4.69, 9.17) is 23.2 Å². The van der Waals surface area contributed by atoms with Crippen LogP contribution >= 0.6 is 39.1 Å². The lowest BCUT2D eigenvalue weighted by molar-refractivity contribution is -0.141. The second-order valence-electron chi connectivity index (χ2n) is 8.55. The Labute approximate surface area is 225 Å². The monoisotopic (exact) mass is 574 g/mol. The molecule has 2 atom stereocenters. The number of hydrogen-bond acceptors (Lipinski definition) is 2. The van der Waals surface area contributed by atoms with Gasteiger partial charge in [0.05, 0.1) is 6.42 Å². The topological polar surface area (TPSA) is 49.4 Å². The number of benzene rings is 3. The van der Waals surface area contributed by atoms with Gasteiger partial charge >= 0.3 is 0 Å². The Morgan fingerprint density at radius 1 is 0.943 bits per heavy atom. The third-order valence-electron chi connectivity index (χ3n) is 5.90. The quantitative estimate of drug-likeness (QED) is 0.287. The highest BCUT2D eigenvalue weighted by molar-refractivity contribution is 9.10. The summed E-state index contributed by atoms with van der Waals surface area (Å²) in [5.74, 6) is -0.406. The molecule has 0 spiro atoms. The zero-order chi connectivity index (χ0) is 25.4. The first-order valence-corrected chi connectivity index (χ1v) is 13.1. The van der Waals surface area contributed by atoms with Crippen molar-refractivity contribution in [1.82, 2.24) is 10.2 Å². The van der Waals surface area contributed by atoms with E-state index in [9.17, 15) is 9.59 Å². The molecule has 184 valence electrons. The summed E-state index contributed by atoms with van der Waals surface area (Å²) >= 11 is 16.3. The fourth-order valence-electron chi connectivity index (χ4n) is 3.78. The average Bonchev–Trinajstić information content (AvgIpc) is 2.84. The Balaban J connectivity index is 2.01. The molecule has 0 saturated carbocycles. The van der Waals surface area contributed by atoms with Crippen LogP contribution in [0.5, 0.6) is 0 Å². The Morgan fingerprint density at radius 3 is 2.20 bits per heavy atom. The minimum absolute atomic E-state index is 0.00554. The van der Waals surface area contributed by atoms with E-state index in [1.54, 1.807) is 23.1 Å². The SMILES string of the molecule is CC[C@H](C)NC(=O)[C@H](Cc1ccccc1)N(Cc1cccc(Br)c1)C(=O)Cc1c(Cl)cccc1Cl. The number of halogens is 3. The third-order valence-corrected chi connectivity index (χ3v) is 7.11. The summed E-state index contributed by atoms with van der Waals surface area (Å²) in [4.78, 5) is 29.0. The molecule has 0 aliphatic carbocycles. The van der Waals surface area contributed by atoms with Crippen LogP contribution in [-0.4, -0.2) is 28.8 Å². The minimum atomic E-state index is -0.709. The van der Waals surface area contributed by atoms with Gasteiger partial charge in [0.2, 0.25) is 11.8 Å². The van der Waals surface area contributed by atoms with Crippen LogP contribution in [0.2, 0.25) is 10.0 Å². The van der Waals surface area contributed by atoms with E-state index < -0.39 is 6.04 Å². The molecule has 0 fully saturated rings. The molecule has 3 aromatic rings. The predicted molar refractivity (Wildman–Crippen MR) is 147 cm³/mol. The predicted octanol–water partition coefficient (Wildman–Crippen LogP) is 6.85. The van der Waals surface area contributed by atoms with Gasteiger partial charge in [-0.1, -0.05) is 94.6 Å². The van der Waals surface area contributed by atoms with E-state index in [2.05, 4.69) is 21.2 Å². The molecule has 0 heterocycles. The minimum Gasteiger partial charge on any atom is -0.352 e. The van der Waals surface area contributed by atoms with E-state index in [1.165, 1.54) is 0 Å². The molecule has 3 aromatic carbocycles. The second-order valence-corrected chi connectivity index (χ2v) is 10.3. The van der Waals surface area contributed by atoms with Crippen molar-refractivity contribution >= 4 is 50.9 Å². The van der Waals surface area contributed by atoms with Gasteiger partial charge in [-0.2, -0.15) is 0 Å². The number of rotatable bonds is 10. The van der Waals surface area contributed by atoms with Crippen LogP contribution in [-0.2, 0) is 29.0 Å². The molecule has 1 N–H and O–H groups in total. The van der Waals surface area contributed by atoms with Crippen molar-refractivity contribution in [3.8, 4) is 0 Å². The number of carbonyl (C=O) groups is 2. The van der Waals surface area contributed by atoms with Crippen LogP contribution in [0, 0.1) is 0 Å². The number of nitrogens with zero attached hydrogens (tertiary/aromatic N) is 1. The van der Waals surface area contributed by atoms with Gasteiger partial charge < -0.3 is 10.2 Å². The van der Waals surface area contributed by atoms with Crippen molar-refractivity contribution in [3.05, 3.63) is 104 Å². The van der Waals surface area contributed by atoms with Crippen LogP contribution in [0.15, 0.2) is 77.3 Å². The van der Waals surface area contributed by atoms with Crippen molar-refractivity contribution in [2.45, 2.75) is 51.7 Å². The highest BCUT2D eigenvalue weighted by Crippen LogP contribution is 2.26. The molecule has 0 saturated heterocycles. The van der Waals surface area contributed by atoms with E-state index in [1.807, 2.05) is 68.4 Å². The molecular formula is C28H29BrCl2N2O2. The lowest BCUT2D eigenvalue weighted by atomic mass is 10.0. The third kappa shape index (κ3) is 7.83. The van der Waals surface area contributed by atoms with Gasteiger partial charge in [-0.3, -0.25) is 9.59 Å².